The van der Waals surface area contributed by atoms with Crippen LogP contribution in [0.1, 0.15) is 28.8 Å². The summed E-state index contributed by atoms with van der Waals surface area (Å²) in [6, 6.07) is 2.08. The first-order valence-corrected chi connectivity index (χ1v) is 5.65. The Morgan fingerprint density at radius 2 is 2.22 bits per heavy atom. The molecule has 1 unspecified atom stereocenters. The standard InChI is InChI=1S/C12H17N3O.2ClH/c1-9-5-10(8-14-7-9)12(16)15-4-2-3-11(15)6-13;;/h5,7-8,11H,2-4,6,13H2,1H3;2*1H. The minimum absolute atomic E-state index is 0. The fraction of sp³-hybridized carbons (Fsp3) is 0.500. The number of nitrogens with zero attached hydrogens (tertiary/aromatic N) is 2. The maximum atomic E-state index is 12.2. The van der Waals surface area contributed by atoms with Gasteiger partial charge in [-0.3, -0.25) is 9.78 Å². The Morgan fingerprint density at radius 1 is 1.50 bits per heavy atom. The van der Waals surface area contributed by atoms with Crippen molar-refractivity contribution in [3.63, 3.8) is 0 Å². The molecule has 18 heavy (non-hydrogen) atoms. The summed E-state index contributed by atoms with van der Waals surface area (Å²) in [5, 5.41) is 0. The molecule has 102 valence electrons. The van der Waals surface area contributed by atoms with Crippen LogP contribution in [0.3, 0.4) is 0 Å². The summed E-state index contributed by atoms with van der Waals surface area (Å²) in [7, 11) is 0. The van der Waals surface area contributed by atoms with Crippen molar-refractivity contribution in [3.8, 4) is 0 Å². The lowest BCUT2D eigenvalue weighted by Gasteiger charge is -2.23. The highest BCUT2D eigenvalue weighted by Crippen LogP contribution is 2.19. The number of hydrogen-bond acceptors (Lipinski definition) is 3. The molecule has 4 nitrogen and oxygen atoms in total. The molecule has 0 aromatic carbocycles. The number of carbonyl (C=O) groups excluding carboxylic acids is 1. The topological polar surface area (TPSA) is 59.2 Å². The van der Waals surface area contributed by atoms with E-state index in [0.29, 0.717) is 12.1 Å². The summed E-state index contributed by atoms with van der Waals surface area (Å²) in [6.45, 7) is 3.30. The first-order chi connectivity index (χ1) is 7.72. The van der Waals surface area contributed by atoms with E-state index in [9.17, 15) is 4.79 Å². The highest BCUT2D eigenvalue weighted by molar-refractivity contribution is 5.94. The highest BCUT2D eigenvalue weighted by atomic mass is 35.5. The van der Waals surface area contributed by atoms with Crippen LogP contribution in [0.2, 0.25) is 0 Å². The van der Waals surface area contributed by atoms with E-state index < -0.39 is 0 Å². The van der Waals surface area contributed by atoms with E-state index in [2.05, 4.69) is 4.98 Å². The van der Waals surface area contributed by atoms with E-state index in [1.165, 1.54) is 0 Å². The predicted octanol–water partition coefficient (Wildman–Crippen LogP) is 1.80. The maximum Gasteiger partial charge on any atom is 0.255 e. The van der Waals surface area contributed by atoms with E-state index in [4.69, 9.17) is 5.73 Å². The molecule has 0 radical (unpaired) electrons. The summed E-state index contributed by atoms with van der Waals surface area (Å²) in [4.78, 5) is 18.1. The fourth-order valence-electron chi connectivity index (χ4n) is 2.19. The van der Waals surface area contributed by atoms with Crippen LogP contribution in [0.15, 0.2) is 18.5 Å². The first kappa shape index (κ1) is 17.2. The van der Waals surface area contributed by atoms with Crippen LogP contribution in [0.4, 0.5) is 0 Å². The molecule has 2 N–H and O–H groups in total. The Hall–Kier alpha value is -0.840. The number of aryl methyl sites for hydroxylation is 1. The monoisotopic (exact) mass is 291 g/mol. The third-order valence-corrected chi connectivity index (χ3v) is 3.03. The number of aromatic nitrogens is 1. The molecular weight excluding hydrogens is 273 g/mol. The van der Waals surface area contributed by atoms with Gasteiger partial charge in [-0.1, -0.05) is 0 Å². The average molecular weight is 292 g/mol. The second-order valence-electron chi connectivity index (χ2n) is 4.28. The molecule has 0 saturated carbocycles. The van der Waals surface area contributed by atoms with Crippen LogP contribution in [0.5, 0.6) is 0 Å². The van der Waals surface area contributed by atoms with Crippen molar-refractivity contribution in [1.29, 1.82) is 0 Å². The molecule has 0 bridgehead atoms. The number of nitrogens with two attached hydrogens (primary N) is 1. The van der Waals surface area contributed by atoms with Crippen molar-refractivity contribution < 1.29 is 4.79 Å². The minimum atomic E-state index is 0. The van der Waals surface area contributed by atoms with E-state index in [-0.39, 0.29) is 36.8 Å². The van der Waals surface area contributed by atoms with Crippen LogP contribution >= 0.6 is 24.8 Å². The Kier molecular flexibility index (Phi) is 7.21. The Morgan fingerprint density at radius 3 is 2.83 bits per heavy atom. The van der Waals surface area contributed by atoms with Gasteiger partial charge in [0.05, 0.1) is 5.56 Å². The summed E-state index contributed by atoms with van der Waals surface area (Å²) >= 11 is 0. The van der Waals surface area contributed by atoms with Gasteiger partial charge in [0.25, 0.3) is 5.91 Å². The van der Waals surface area contributed by atoms with Gasteiger partial charge in [0, 0.05) is 31.5 Å². The predicted molar refractivity (Wildman–Crippen MR) is 76.6 cm³/mol. The van der Waals surface area contributed by atoms with Crippen molar-refractivity contribution in [2.24, 2.45) is 5.73 Å². The number of amides is 1. The zero-order valence-electron chi connectivity index (χ0n) is 10.3. The largest absolute Gasteiger partial charge is 0.334 e. The highest BCUT2D eigenvalue weighted by Gasteiger charge is 2.28. The molecule has 1 aromatic rings. The van der Waals surface area contributed by atoms with E-state index in [1.807, 2.05) is 17.9 Å². The molecule has 1 atom stereocenters. The summed E-state index contributed by atoms with van der Waals surface area (Å²) in [5.41, 5.74) is 7.34. The molecule has 2 rings (SSSR count). The lowest BCUT2D eigenvalue weighted by atomic mass is 10.1. The molecule has 1 fully saturated rings. The van der Waals surface area contributed by atoms with Gasteiger partial charge >= 0.3 is 0 Å². The van der Waals surface area contributed by atoms with Crippen molar-refractivity contribution in [1.82, 2.24) is 9.88 Å². The second-order valence-corrected chi connectivity index (χ2v) is 4.28. The van der Waals surface area contributed by atoms with E-state index in [1.54, 1.807) is 12.4 Å². The average Bonchev–Trinajstić information content (AvgIpc) is 2.76. The Bertz CT molecular complexity index is 401. The van der Waals surface area contributed by atoms with Gasteiger partial charge in [0.2, 0.25) is 0 Å². The smallest absolute Gasteiger partial charge is 0.255 e. The second kappa shape index (κ2) is 7.56. The molecule has 6 heteroatoms. The van der Waals surface area contributed by atoms with E-state index in [0.717, 1.165) is 24.9 Å². The normalized spacial score (nSPS) is 17.9. The van der Waals surface area contributed by atoms with Crippen molar-refractivity contribution in [3.05, 3.63) is 29.6 Å². The van der Waals surface area contributed by atoms with Crippen molar-refractivity contribution in [2.75, 3.05) is 13.1 Å². The van der Waals surface area contributed by atoms with Crippen molar-refractivity contribution >= 4 is 30.7 Å². The summed E-state index contributed by atoms with van der Waals surface area (Å²) < 4.78 is 0. The molecule has 1 aliphatic rings. The van der Waals surface area contributed by atoms with Gasteiger partial charge in [-0.05, 0) is 31.4 Å². The molecule has 1 aromatic heterocycles. The Balaban J connectivity index is 0.00000144. The quantitative estimate of drug-likeness (QED) is 0.904. The van der Waals surface area contributed by atoms with Crippen molar-refractivity contribution in [2.45, 2.75) is 25.8 Å². The third-order valence-electron chi connectivity index (χ3n) is 3.03. The molecular formula is C12H19Cl2N3O. The van der Waals surface area contributed by atoms with Gasteiger partial charge in [0.15, 0.2) is 0 Å². The first-order valence-electron chi connectivity index (χ1n) is 5.65. The Labute approximate surface area is 120 Å². The lowest BCUT2D eigenvalue weighted by molar-refractivity contribution is 0.0740. The molecule has 1 aliphatic heterocycles. The zero-order chi connectivity index (χ0) is 11.5. The number of likely N-dealkylation sites (tertiary alicyclic amines) is 1. The van der Waals surface area contributed by atoms with Gasteiger partial charge in [-0.25, -0.2) is 0 Å². The SMILES string of the molecule is Cc1cncc(C(=O)N2CCCC2CN)c1.Cl.Cl. The number of halogens is 2. The van der Waals surface area contributed by atoms with Crippen LogP contribution < -0.4 is 5.73 Å². The maximum absolute atomic E-state index is 12.2. The summed E-state index contributed by atoms with van der Waals surface area (Å²) in [5.74, 6) is 0.0594. The van der Waals surface area contributed by atoms with E-state index >= 15 is 0 Å². The molecule has 1 saturated heterocycles. The molecule has 0 aliphatic carbocycles. The number of pyridine rings is 1. The van der Waals surface area contributed by atoms with Gasteiger partial charge in [-0.2, -0.15) is 0 Å². The fourth-order valence-corrected chi connectivity index (χ4v) is 2.19. The molecule has 0 spiro atoms. The van der Waals surface area contributed by atoms with Crippen LogP contribution in [0.25, 0.3) is 0 Å². The van der Waals surface area contributed by atoms with Crippen LogP contribution in [-0.2, 0) is 0 Å². The number of carbonyl (C=O) groups is 1. The van der Waals surface area contributed by atoms with Gasteiger partial charge < -0.3 is 10.6 Å². The van der Waals surface area contributed by atoms with Gasteiger partial charge in [-0.15, -0.1) is 24.8 Å². The molecule has 1 amide bonds. The third kappa shape index (κ3) is 3.57. The minimum Gasteiger partial charge on any atom is -0.334 e. The number of rotatable bonds is 2. The summed E-state index contributed by atoms with van der Waals surface area (Å²) in [6.07, 6.45) is 5.44. The van der Waals surface area contributed by atoms with Crippen LogP contribution in [-0.4, -0.2) is 34.9 Å². The van der Waals surface area contributed by atoms with Crippen LogP contribution in [0, 0.1) is 6.92 Å². The zero-order valence-corrected chi connectivity index (χ0v) is 12.0. The molecule has 2 heterocycles. The number of hydrogen-bond donors (Lipinski definition) is 1. The van der Waals surface area contributed by atoms with Gasteiger partial charge in [0.1, 0.15) is 0 Å². The lowest BCUT2D eigenvalue weighted by Crippen LogP contribution is -2.39.